The molecule has 0 fully saturated rings. The Hall–Kier alpha value is -2.34. The fourth-order valence-corrected chi connectivity index (χ4v) is 2.14. The van der Waals surface area contributed by atoms with E-state index in [1.807, 2.05) is 51.2 Å². The van der Waals surface area contributed by atoms with E-state index in [4.69, 9.17) is 5.11 Å². The second-order valence-corrected chi connectivity index (χ2v) is 5.85. The van der Waals surface area contributed by atoms with Gasteiger partial charge in [-0.1, -0.05) is 19.1 Å². The molecule has 2 rings (SSSR count). The third-order valence-electron chi connectivity index (χ3n) is 3.99. The van der Waals surface area contributed by atoms with Gasteiger partial charge in [-0.3, -0.25) is 0 Å². The summed E-state index contributed by atoms with van der Waals surface area (Å²) in [6.07, 6.45) is 3.72. The van der Waals surface area contributed by atoms with E-state index in [0.29, 0.717) is 0 Å². The van der Waals surface area contributed by atoms with Crippen LogP contribution in [0.15, 0.2) is 36.7 Å². The van der Waals surface area contributed by atoms with Crippen LogP contribution in [0, 0.1) is 12.8 Å². The Bertz CT molecular complexity index is 636. The Morgan fingerprint density at radius 1 is 1.30 bits per heavy atom. The number of aryl methyl sites for hydroxylation is 1. The van der Waals surface area contributed by atoms with Gasteiger partial charge >= 0.3 is 6.03 Å². The highest BCUT2D eigenvalue weighted by atomic mass is 16.3. The van der Waals surface area contributed by atoms with Crippen LogP contribution in [0.5, 0.6) is 0 Å². The SMILES string of the molecule is Cc1nccn1Cc1ccc(NC(=O)N[C@H](C)[C@H](C)CO)cc1. The van der Waals surface area contributed by atoms with Crippen molar-refractivity contribution in [1.82, 2.24) is 14.9 Å². The molecule has 124 valence electrons. The smallest absolute Gasteiger partial charge is 0.319 e. The minimum Gasteiger partial charge on any atom is -0.396 e. The van der Waals surface area contributed by atoms with Crippen LogP contribution >= 0.6 is 0 Å². The molecule has 23 heavy (non-hydrogen) atoms. The number of aromatic nitrogens is 2. The number of nitrogens with one attached hydrogen (secondary N) is 2. The van der Waals surface area contributed by atoms with Crippen LogP contribution in [0.25, 0.3) is 0 Å². The number of anilines is 1. The summed E-state index contributed by atoms with van der Waals surface area (Å²) in [7, 11) is 0. The minimum atomic E-state index is -0.268. The van der Waals surface area contributed by atoms with Crippen molar-refractivity contribution in [1.29, 1.82) is 0 Å². The summed E-state index contributed by atoms with van der Waals surface area (Å²) in [6.45, 7) is 6.52. The van der Waals surface area contributed by atoms with Crippen molar-refractivity contribution in [3.05, 3.63) is 48.0 Å². The largest absolute Gasteiger partial charge is 0.396 e. The summed E-state index contributed by atoms with van der Waals surface area (Å²) < 4.78 is 2.06. The summed E-state index contributed by atoms with van der Waals surface area (Å²) in [5, 5.41) is 14.7. The van der Waals surface area contributed by atoms with E-state index in [-0.39, 0.29) is 24.6 Å². The standard InChI is InChI=1S/C17H24N4O2/c1-12(11-22)13(2)19-17(23)20-16-6-4-15(5-7-16)10-21-9-8-18-14(21)3/h4-9,12-13,22H,10-11H2,1-3H3,(H2,19,20,23)/t12-,13-/m1/s1. The predicted molar refractivity (Wildman–Crippen MR) is 90.4 cm³/mol. The van der Waals surface area contributed by atoms with E-state index in [2.05, 4.69) is 20.2 Å². The average Bonchev–Trinajstić information content (AvgIpc) is 2.93. The second kappa shape index (κ2) is 7.78. The molecule has 0 saturated heterocycles. The topological polar surface area (TPSA) is 79.2 Å². The van der Waals surface area contributed by atoms with E-state index in [9.17, 15) is 4.79 Å². The summed E-state index contributed by atoms with van der Waals surface area (Å²) in [4.78, 5) is 16.1. The summed E-state index contributed by atoms with van der Waals surface area (Å²) in [5.74, 6) is 0.986. The van der Waals surface area contributed by atoms with Gasteiger partial charge in [0.1, 0.15) is 5.82 Å². The van der Waals surface area contributed by atoms with Gasteiger partial charge in [-0.2, -0.15) is 0 Å². The third kappa shape index (κ3) is 4.82. The van der Waals surface area contributed by atoms with Crippen LogP contribution in [-0.2, 0) is 6.54 Å². The Labute approximate surface area is 136 Å². The van der Waals surface area contributed by atoms with Gasteiger partial charge in [0, 0.05) is 37.3 Å². The summed E-state index contributed by atoms with van der Waals surface area (Å²) >= 11 is 0. The van der Waals surface area contributed by atoms with Crippen LogP contribution in [-0.4, -0.2) is 33.3 Å². The lowest BCUT2D eigenvalue weighted by Gasteiger charge is -2.19. The van der Waals surface area contributed by atoms with Crippen LogP contribution in [0.2, 0.25) is 0 Å². The van der Waals surface area contributed by atoms with Crippen molar-refractivity contribution in [3.8, 4) is 0 Å². The zero-order chi connectivity index (χ0) is 16.8. The molecule has 1 aromatic carbocycles. The molecule has 0 bridgehead atoms. The Morgan fingerprint density at radius 2 is 2.00 bits per heavy atom. The lowest BCUT2D eigenvalue weighted by molar-refractivity contribution is 0.204. The van der Waals surface area contributed by atoms with E-state index in [0.717, 1.165) is 23.6 Å². The molecule has 3 N–H and O–H groups in total. The van der Waals surface area contributed by atoms with Crippen molar-refractivity contribution in [3.63, 3.8) is 0 Å². The number of carbonyl (C=O) groups excluding carboxylic acids is 1. The molecule has 0 unspecified atom stereocenters. The Balaban J connectivity index is 1.90. The quantitative estimate of drug-likeness (QED) is 0.765. The molecule has 2 amide bonds. The number of hydrogen-bond acceptors (Lipinski definition) is 3. The summed E-state index contributed by atoms with van der Waals surface area (Å²) in [5.41, 5.74) is 1.87. The Kier molecular flexibility index (Phi) is 5.76. The zero-order valence-corrected chi connectivity index (χ0v) is 13.8. The highest BCUT2D eigenvalue weighted by molar-refractivity contribution is 5.89. The lowest BCUT2D eigenvalue weighted by Crippen LogP contribution is -2.40. The van der Waals surface area contributed by atoms with Crippen molar-refractivity contribution in [2.75, 3.05) is 11.9 Å². The molecule has 0 aliphatic heterocycles. The first kappa shape index (κ1) is 17.0. The molecular formula is C17H24N4O2. The monoisotopic (exact) mass is 316 g/mol. The van der Waals surface area contributed by atoms with Gasteiger partial charge in [-0.15, -0.1) is 0 Å². The maximum Gasteiger partial charge on any atom is 0.319 e. The van der Waals surface area contributed by atoms with E-state index in [1.165, 1.54) is 0 Å². The lowest BCUT2D eigenvalue weighted by atomic mass is 10.1. The number of aliphatic hydroxyl groups is 1. The van der Waals surface area contributed by atoms with Gasteiger partial charge in [0.25, 0.3) is 0 Å². The molecule has 0 aliphatic carbocycles. The normalized spacial score (nSPS) is 13.4. The number of carbonyl (C=O) groups is 1. The van der Waals surface area contributed by atoms with E-state index in [1.54, 1.807) is 6.20 Å². The summed E-state index contributed by atoms with van der Waals surface area (Å²) in [6, 6.07) is 7.35. The zero-order valence-electron chi connectivity index (χ0n) is 13.8. The number of nitrogens with zero attached hydrogens (tertiary/aromatic N) is 2. The molecule has 0 spiro atoms. The fourth-order valence-electron chi connectivity index (χ4n) is 2.14. The molecule has 0 aliphatic rings. The molecule has 1 aromatic heterocycles. The van der Waals surface area contributed by atoms with Crippen LogP contribution < -0.4 is 10.6 Å². The molecule has 2 aromatic rings. The average molecular weight is 316 g/mol. The van der Waals surface area contributed by atoms with Gasteiger partial charge in [0.2, 0.25) is 0 Å². The molecule has 1 heterocycles. The van der Waals surface area contributed by atoms with E-state index < -0.39 is 0 Å². The van der Waals surface area contributed by atoms with Crippen LogP contribution in [0.1, 0.15) is 25.2 Å². The fraction of sp³-hybridized carbons (Fsp3) is 0.412. The van der Waals surface area contributed by atoms with Crippen molar-refractivity contribution >= 4 is 11.7 Å². The van der Waals surface area contributed by atoms with Gasteiger partial charge < -0.3 is 20.3 Å². The number of hydrogen-bond donors (Lipinski definition) is 3. The predicted octanol–water partition coefficient (Wildman–Crippen LogP) is 2.38. The van der Waals surface area contributed by atoms with Gasteiger partial charge in [0.15, 0.2) is 0 Å². The highest BCUT2D eigenvalue weighted by Gasteiger charge is 2.13. The van der Waals surface area contributed by atoms with Gasteiger partial charge in [-0.05, 0) is 37.5 Å². The number of aliphatic hydroxyl groups excluding tert-OH is 1. The number of imidazole rings is 1. The first-order chi connectivity index (χ1) is 11.0. The van der Waals surface area contributed by atoms with Crippen LogP contribution in [0.4, 0.5) is 10.5 Å². The number of benzene rings is 1. The molecule has 0 saturated carbocycles. The van der Waals surface area contributed by atoms with Crippen LogP contribution in [0.3, 0.4) is 0 Å². The Morgan fingerprint density at radius 3 is 2.57 bits per heavy atom. The molecule has 2 atom stereocenters. The highest BCUT2D eigenvalue weighted by Crippen LogP contribution is 2.12. The third-order valence-corrected chi connectivity index (χ3v) is 3.99. The van der Waals surface area contributed by atoms with E-state index >= 15 is 0 Å². The van der Waals surface area contributed by atoms with Gasteiger partial charge in [-0.25, -0.2) is 9.78 Å². The number of urea groups is 1. The maximum atomic E-state index is 11.9. The molecule has 6 nitrogen and oxygen atoms in total. The maximum absolute atomic E-state index is 11.9. The van der Waals surface area contributed by atoms with Crippen molar-refractivity contribution < 1.29 is 9.90 Å². The van der Waals surface area contributed by atoms with Crippen molar-refractivity contribution in [2.45, 2.75) is 33.4 Å². The minimum absolute atomic E-state index is 0.0153. The molecule has 6 heteroatoms. The molecular weight excluding hydrogens is 292 g/mol. The van der Waals surface area contributed by atoms with Crippen molar-refractivity contribution in [2.24, 2.45) is 5.92 Å². The first-order valence-electron chi connectivity index (χ1n) is 7.74. The van der Waals surface area contributed by atoms with Gasteiger partial charge in [0.05, 0.1) is 0 Å². The molecule has 0 radical (unpaired) electrons. The number of rotatable bonds is 6. The number of amides is 2. The first-order valence-corrected chi connectivity index (χ1v) is 7.74. The second-order valence-electron chi connectivity index (χ2n) is 5.85.